The molecule has 0 aliphatic carbocycles. The van der Waals surface area contributed by atoms with Gasteiger partial charge in [0.2, 0.25) is 0 Å². The van der Waals surface area contributed by atoms with Crippen LogP contribution in [-0.2, 0) is 12.0 Å². The Balaban J connectivity index is 1.36. The molecule has 1 heterocycles. The number of aryl methyl sites for hydroxylation is 1. The van der Waals surface area contributed by atoms with Gasteiger partial charge in [-0.15, -0.1) is 0 Å². The number of benzene rings is 2. The van der Waals surface area contributed by atoms with Gasteiger partial charge in [0.05, 0.1) is 0 Å². The van der Waals surface area contributed by atoms with Crippen molar-refractivity contribution in [2.24, 2.45) is 0 Å². The molecule has 0 unspecified atom stereocenters. The van der Waals surface area contributed by atoms with Crippen molar-refractivity contribution in [2.45, 2.75) is 64.6 Å². The summed E-state index contributed by atoms with van der Waals surface area (Å²) < 4.78 is 5.89. The lowest BCUT2D eigenvalue weighted by atomic mass is 9.86. The van der Waals surface area contributed by atoms with Crippen LogP contribution in [0.4, 0.5) is 0 Å². The first-order valence-corrected chi connectivity index (χ1v) is 11.2. The zero-order chi connectivity index (χ0) is 21.6. The molecule has 1 atom stereocenters. The molecule has 0 radical (unpaired) electrons. The molecule has 30 heavy (non-hydrogen) atoms. The quantitative estimate of drug-likeness (QED) is 0.682. The number of aliphatic hydroxyl groups is 1. The molecular formula is C26H38N2O2. The van der Waals surface area contributed by atoms with Crippen LogP contribution in [0.3, 0.4) is 0 Å². The second-order valence-corrected chi connectivity index (χ2v) is 9.64. The highest BCUT2D eigenvalue weighted by atomic mass is 16.5. The predicted molar refractivity (Wildman–Crippen MR) is 124 cm³/mol. The summed E-state index contributed by atoms with van der Waals surface area (Å²) in [5.41, 5.74) is 3.92. The smallest absolute Gasteiger partial charge is 0.122 e. The van der Waals surface area contributed by atoms with Crippen LogP contribution in [0.1, 0.15) is 50.3 Å². The van der Waals surface area contributed by atoms with Crippen LogP contribution in [0.5, 0.6) is 5.75 Å². The van der Waals surface area contributed by atoms with E-state index in [1.807, 2.05) is 6.07 Å². The van der Waals surface area contributed by atoms with Crippen LogP contribution in [0.25, 0.3) is 0 Å². The third kappa shape index (κ3) is 6.83. The van der Waals surface area contributed by atoms with Gasteiger partial charge in [0, 0.05) is 19.1 Å². The molecule has 1 saturated heterocycles. The summed E-state index contributed by atoms with van der Waals surface area (Å²) >= 11 is 0. The summed E-state index contributed by atoms with van der Waals surface area (Å²) in [4.78, 5) is 2.51. The number of hydrogen-bond donors (Lipinski definition) is 2. The molecule has 2 aromatic rings. The van der Waals surface area contributed by atoms with Crippen LogP contribution in [-0.4, -0.2) is 48.4 Å². The average Bonchev–Trinajstić information content (AvgIpc) is 2.72. The van der Waals surface area contributed by atoms with Gasteiger partial charge >= 0.3 is 0 Å². The maximum Gasteiger partial charge on any atom is 0.122 e. The highest BCUT2D eigenvalue weighted by Crippen LogP contribution is 2.27. The zero-order valence-electron chi connectivity index (χ0n) is 19.0. The van der Waals surface area contributed by atoms with E-state index in [0.717, 1.165) is 43.8 Å². The summed E-state index contributed by atoms with van der Waals surface area (Å²) in [7, 11) is 0. The average molecular weight is 411 g/mol. The second kappa shape index (κ2) is 10.4. The van der Waals surface area contributed by atoms with Gasteiger partial charge in [-0.1, -0.05) is 63.2 Å². The molecule has 1 fully saturated rings. The Morgan fingerprint density at radius 3 is 2.43 bits per heavy atom. The van der Waals surface area contributed by atoms with Gasteiger partial charge in [0.25, 0.3) is 0 Å². The Labute approximate surface area is 182 Å². The predicted octanol–water partition coefficient (Wildman–Crippen LogP) is 4.29. The van der Waals surface area contributed by atoms with E-state index in [-0.39, 0.29) is 5.41 Å². The summed E-state index contributed by atoms with van der Waals surface area (Å²) in [6.45, 7) is 12.8. The van der Waals surface area contributed by atoms with Crippen LogP contribution in [0.15, 0.2) is 48.5 Å². The Bertz CT molecular complexity index is 777. The number of ether oxygens (including phenoxy) is 1. The summed E-state index contributed by atoms with van der Waals surface area (Å²) in [6, 6.07) is 17.5. The largest absolute Gasteiger partial charge is 0.491 e. The third-order valence-electron chi connectivity index (χ3n) is 5.95. The van der Waals surface area contributed by atoms with Crippen molar-refractivity contribution >= 4 is 0 Å². The molecule has 4 heteroatoms. The SMILES string of the molecule is Cc1cc(C(C)(C)C)ccc1OC[C@@H](O)CNC1CCN(Cc2ccccc2)CC1. The van der Waals surface area contributed by atoms with Crippen molar-refractivity contribution in [1.82, 2.24) is 10.2 Å². The standard InChI is InChI=1S/C26H38N2O2/c1-20-16-22(26(2,3)4)10-11-25(20)30-19-24(29)17-27-23-12-14-28(15-13-23)18-21-8-6-5-7-9-21/h5-11,16,23-24,27,29H,12-15,17-19H2,1-4H3/t24-/m0/s1. The minimum Gasteiger partial charge on any atom is -0.491 e. The van der Waals surface area contributed by atoms with Crippen LogP contribution in [0.2, 0.25) is 0 Å². The van der Waals surface area contributed by atoms with Crippen molar-refractivity contribution in [1.29, 1.82) is 0 Å². The molecule has 1 aliphatic rings. The molecule has 3 rings (SSSR count). The van der Waals surface area contributed by atoms with Crippen molar-refractivity contribution in [2.75, 3.05) is 26.2 Å². The third-order valence-corrected chi connectivity index (χ3v) is 5.95. The van der Waals surface area contributed by atoms with E-state index in [1.165, 1.54) is 11.1 Å². The van der Waals surface area contributed by atoms with Gasteiger partial charge in [-0.05, 0) is 61.0 Å². The molecule has 0 bridgehead atoms. The second-order valence-electron chi connectivity index (χ2n) is 9.64. The van der Waals surface area contributed by atoms with Crippen LogP contribution >= 0.6 is 0 Å². The monoisotopic (exact) mass is 410 g/mol. The van der Waals surface area contributed by atoms with Crippen molar-refractivity contribution in [3.05, 3.63) is 65.2 Å². The molecule has 2 N–H and O–H groups in total. The Hall–Kier alpha value is -1.88. The van der Waals surface area contributed by atoms with Crippen LogP contribution in [0, 0.1) is 6.92 Å². The van der Waals surface area contributed by atoms with Crippen LogP contribution < -0.4 is 10.1 Å². The van der Waals surface area contributed by atoms with E-state index in [1.54, 1.807) is 0 Å². The topological polar surface area (TPSA) is 44.7 Å². The normalized spacial score (nSPS) is 17.1. The van der Waals surface area contributed by atoms with Gasteiger partial charge in [-0.2, -0.15) is 0 Å². The summed E-state index contributed by atoms with van der Waals surface area (Å²) in [5.74, 6) is 0.858. The van der Waals surface area contributed by atoms with E-state index >= 15 is 0 Å². The Morgan fingerprint density at radius 2 is 1.80 bits per heavy atom. The minimum absolute atomic E-state index is 0.128. The number of hydrogen-bond acceptors (Lipinski definition) is 4. The maximum atomic E-state index is 10.4. The number of piperidine rings is 1. The minimum atomic E-state index is -0.506. The summed E-state index contributed by atoms with van der Waals surface area (Å²) in [5, 5.41) is 13.9. The number of nitrogens with zero attached hydrogens (tertiary/aromatic N) is 1. The molecule has 0 saturated carbocycles. The van der Waals surface area contributed by atoms with Gasteiger partial charge < -0.3 is 15.2 Å². The Morgan fingerprint density at radius 1 is 1.10 bits per heavy atom. The molecule has 4 nitrogen and oxygen atoms in total. The number of nitrogens with one attached hydrogen (secondary N) is 1. The van der Waals surface area contributed by atoms with Crippen molar-refractivity contribution in [3.8, 4) is 5.75 Å². The van der Waals surface area contributed by atoms with E-state index in [2.05, 4.69) is 80.4 Å². The van der Waals surface area contributed by atoms with E-state index in [9.17, 15) is 5.11 Å². The van der Waals surface area contributed by atoms with Gasteiger partial charge in [0.1, 0.15) is 18.5 Å². The molecule has 0 amide bonds. The fraction of sp³-hybridized carbons (Fsp3) is 0.538. The first kappa shape index (κ1) is 22.8. The molecule has 1 aliphatic heterocycles. The fourth-order valence-corrected chi connectivity index (χ4v) is 3.96. The highest BCUT2D eigenvalue weighted by Gasteiger charge is 2.20. The molecule has 0 spiro atoms. The fourth-order valence-electron chi connectivity index (χ4n) is 3.96. The van der Waals surface area contributed by atoms with E-state index < -0.39 is 6.10 Å². The zero-order valence-corrected chi connectivity index (χ0v) is 19.0. The van der Waals surface area contributed by atoms with E-state index in [4.69, 9.17) is 4.74 Å². The molecule has 164 valence electrons. The molecule has 0 aromatic heterocycles. The first-order chi connectivity index (χ1) is 14.3. The maximum absolute atomic E-state index is 10.4. The van der Waals surface area contributed by atoms with Gasteiger partial charge in [0.15, 0.2) is 0 Å². The van der Waals surface area contributed by atoms with Gasteiger partial charge in [-0.25, -0.2) is 0 Å². The lowest BCUT2D eigenvalue weighted by Gasteiger charge is -2.33. The van der Waals surface area contributed by atoms with E-state index in [0.29, 0.717) is 19.2 Å². The Kier molecular flexibility index (Phi) is 7.93. The molecular weight excluding hydrogens is 372 g/mol. The van der Waals surface area contributed by atoms with Crippen molar-refractivity contribution in [3.63, 3.8) is 0 Å². The van der Waals surface area contributed by atoms with Crippen molar-refractivity contribution < 1.29 is 9.84 Å². The lowest BCUT2D eigenvalue weighted by molar-refractivity contribution is 0.0976. The highest BCUT2D eigenvalue weighted by molar-refractivity contribution is 5.38. The molecule has 2 aromatic carbocycles. The van der Waals surface area contributed by atoms with Gasteiger partial charge in [-0.3, -0.25) is 4.90 Å². The first-order valence-electron chi connectivity index (χ1n) is 11.2. The number of likely N-dealkylation sites (tertiary alicyclic amines) is 1. The number of rotatable bonds is 8. The number of aliphatic hydroxyl groups excluding tert-OH is 1. The summed E-state index contributed by atoms with van der Waals surface area (Å²) in [6.07, 6.45) is 1.73. The lowest BCUT2D eigenvalue weighted by Crippen LogP contribution is -2.45.